The van der Waals surface area contributed by atoms with E-state index in [0.717, 1.165) is 16.6 Å². The summed E-state index contributed by atoms with van der Waals surface area (Å²) in [6.45, 7) is 4.37. The van der Waals surface area contributed by atoms with Gasteiger partial charge in [-0.25, -0.2) is 9.98 Å². The van der Waals surface area contributed by atoms with E-state index in [1.54, 1.807) is 24.4 Å². The highest BCUT2D eigenvalue weighted by Crippen LogP contribution is 2.21. The lowest BCUT2D eigenvalue weighted by Gasteiger charge is -2.01. The van der Waals surface area contributed by atoms with E-state index >= 15 is 0 Å². The third kappa shape index (κ3) is 3.01. The van der Waals surface area contributed by atoms with Gasteiger partial charge in [0.2, 0.25) is 5.95 Å². The van der Waals surface area contributed by atoms with E-state index in [2.05, 4.69) is 16.6 Å². The zero-order chi connectivity index (χ0) is 16.2. The predicted octanol–water partition coefficient (Wildman–Crippen LogP) is 3.88. The Kier molecular flexibility index (Phi) is 3.97. The number of imidazole rings is 1. The standard InChI is InChI=1S/C17H14N4O2/c1-2-11-20-16-6-4-3-5-15(16)19-17(20)18-12-13-7-9-14(10-8-13)21(22)23/h2-10,12H,1,11H2. The Morgan fingerprint density at radius 3 is 2.65 bits per heavy atom. The highest BCUT2D eigenvalue weighted by molar-refractivity contribution is 5.84. The van der Waals surface area contributed by atoms with Crippen molar-refractivity contribution in [2.75, 3.05) is 0 Å². The largest absolute Gasteiger partial charge is 0.305 e. The first kappa shape index (κ1) is 14.6. The summed E-state index contributed by atoms with van der Waals surface area (Å²) in [6.07, 6.45) is 3.43. The number of allylic oxidation sites excluding steroid dienone is 1. The molecular weight excluding hydrogens is 292 g/mol. The monoisotopic (exact) mass is 306 g/mol. The van der Waals surface area contributed by atoms with Gasteiger partial charge in [0.05, 0.1) is 16.0 Å². The van der Waals surface area contributed by atoms with Crippen LogP contribution >= 0.6 is 0 Å². The molecule has 3 aromatic rings. The molecule has 0 aliphatic heterocycles. The second kappa shape index (κ2) is 6.23. The van der Waals surface area contributed by atoms with Gasteiger partial charge >= 0.3 is 0 Å². The normalized spacial score (nSPS) is 11.1. The summed E-state index contributed by atoms with van der Waals surface area (Å²) in [7, 11) is 0. The smallest absolute Gasteiger partial charge is 0.269 e. The molecule has 0 fully saturated rings. The van der Waals surface area contributed by atoms with Gasteiger partial charge in [-0.15, -0.1) is 6.58 Å². The maximum absolute atomic E-state index is 10.7. The van der Waals surface area contributed by atoms with Crippen molar-refractivity contribution in [1.82, 2.24) is 9.55 Å². The number of rotatable bonds is 5. The lowest BCUT2D eigenvalue weighted by Crippen LogP contribution is -1.94. The summed E-state index contributed by atoms with van der Waals surface area (Å²) in [5.41, 5.74) is 2.68. The van der Waals surface area contributed by atoms with Crippen LogP contribution in [0.1, 0.15) is 5.56 Å². The summed E-state index contributed by atoms with van der Waals surface area (Å²) < 4.78 is 1.96. The average molecular weight is 306 g/mol. The predicted molar refractivity (Wildman–Crippen MR) is 90.3 cm³/mol. The lowest BCUT2D eigenvalue weighted by molar-refractivity contribution is -0.384. The number of aromatic nitrogens is 2. The van der Waals surface area contributed by atoms with Crippen LogP contribution in [0.3, 0.4) is 0 Å². The van der Waals surface area contributed by atoms with Crippen LogP contribution in [0.25, 0.3) is 11.0 Å². The molecule has 114 valence electrons. The van der Waals surface area contributed by atoms with Crippen LogP contribution in [0.15, 0.2) is 66.2 Å². The Bertz CT molecular complexity index is 895. The first-order chi connectivity index (χ1) is 11.2. The Hall–Kier alpha value is -3.28. The quantitative estimate of drug-likeness (QED) is 0.311. The van der Waals surface area contributed by atoms with Gasteiger partial charge in [-0.1, -0.05) is 18.2 Å². The van der Waals surface area contributed by atoms with E-state index < -0.39 is 4.92 Å². The number of nitro groups is 1. The fourth-order valence-electron chi connectivity index (χ4n) is 2.28. The molecule has 0 atom stereocenters. The van der Waals surface area contributed by atoms with Crippen molar-refractivity contribution in [3.63, 3.8) is 0 Å². The average Bonchev–Trinajstić information content (AvgIpc) is 2.92. The Morgan fingerprint density at radius 1 is 1.22 bits per heavy atom. The van der Waals surface area contributed by atoms with Crippen molar-refractivity contribution in [1.29, 1.82) is 0 Å². The molecular formula is C17H14N4O2. The highest BCUT2D eigenvalue weighted by Gasteiger charge is 2.08. The number of nitro benzene ring substituents is 1. The molecule has 0 spiro atoms. The number of non-ortho nitro benzene ring substituents is 1. The zero-order valence-corrected chi connectivity index (χ0v) is 12.3. The fraction of sp³-hybridized carbons (Fsp3) is 0.0588. The van der Waals surface area contributed by atoms with Gasteiger partial charge < -0.3 is 4.57 Å². The molecule has 1 heterocycles. The summed E-state index contributed by atoms with van der Waals surface area (Å²) in [5.74, 6) is 0.574. The Morgan fingerprint density at radius 2 is 1.96 bits per heavy atom. The molecule has 6 heteroatoms. The maximum Gasteiger partial charge on any atom is 0.269 e. The SMILES string of the molecule is C=CCn1c(N=Cc2ccc([N+](=O)[O-])cc2)nc2ccccc21. The molecule has 23 heavy (non-hydrogen) atoms. The van der Waals surface area contributed by atoms with Gasteiger partial charge in [0, 0.05) is 24.9 Å². The van der Waals surface area contributed by atoms with Gasteiger partial charge in [-0.2, -0.15) is 0 Å². The first-order valence-corrected chi connectivity index (χ1v) is 7.04. The van der Waals surface area contributed by atoms with Crippen molar-refractivity contribution in [3.05, 3.63) is 76.9 Å². The van der Waals surface area contributed by atoms with E-state index in [4.69, 9.17) is 0 Å². The molecule has 0 aliphatic carbocycles. The minimum Gasteiger partial charge on any atom is -0.305 e. The summed E-state index contributed by atoms with van der Waals surface area (Å²) in [5, 5.41) is 10.7. The molecule has 0 amide bonds. The zero-order valence-electron chi connectivity index (χ0n) is 12.3. The van der Waals surface area contributed by atoms with Gasteiger partial charge in [0.15, 0.2) is 0 Å². The molecule has 0 saturated heterocycles. The van der Waals surface area contributed by atoms with Crippen molar-refractivity contribution in [2.24, 2.45) is 4.99 Å². The van der Waals surface area contributed by atoms with Crippen molar-refractivity contribution in [3.8, 4) is 0 Å². The third-order valence-electron chi connectivity index (χ3n) is 3.38. The number of hydrogen-bond donors (Lipinski definition) is 0. The Balaban J connectivity index is 1.95. The number of hydrogen-bond acceptors (Lipinski definition) is 4. The second-order valence-corrected chi connectivity index (χ2v) is 4.91. The van der Waals surface area contributed by atoms with Crippen molar-refractivity contribution in [2.45, 2.75) is 6.54 Å². The topological polar surface area (TPSA) is 73.3 Å². The van der Waals surface area contributed by atoms with E-state index in [1.807, 2.05) is 28.8 Å². The van der Waals surface area contributed by atoms with Crippen LogP contribution in [-0.4, -0.2) is 20.7 Å². The van der Waals surface area contributed by atoms with E-state index in [9.17, 15) is 10.1 Å². The maximum atomic E-state index is 10.7. The van der Waals surface area contributed by atoms with Gasteiger partial charge in [0.1, 0.15) is 0 Å². The Labute approximate surface area is 132 Å². The lowest BCUT2D eigenvalue weighted by atomic mass is 10.2. The number of nitrogens with zero attached hydrogens (tertiary/aromatic N) is 4. The van der Waals surface area contributed by atoms with Crippen LogP contribution in [0.5, 0.6) is 0 Å². The molecule has 3 rings (SSSR count). The van der Waals surface area contributed by atoms with Crippen LogP contribution in [0.4, 0.5) is 11.6 Å². The number of aliphatic imine (C=N–C) groups is 1. The number of fused-ring (bicyclic) bond motifs is 1. The molecule has 6 nitrogen and oxygen atoms in total. The van der Waals surface area contributed by atoms with Gasteiger partial charge in [-0.05, 0) is 29.8 Å². The number of para-hydroxylation sites is 2. The molecule has 1 aromatic heterocycles. The van der Waals surface area contributed by atoms with E-state index in [1.165, 1.54) is 12.1 Å². The van der Waals surface area contributed by atoms with Gasteiger partial charge in [-0.3, -0.25) is 10.1 Å². The number of benzene rings is 2. The molecule has 0 aliphatic rings. The minimum absolute atomic E-state index is 0.0565. The summed E-state index contributed by atoms with van der Waals surface area (Å²) in [4.78, 5) is 19.1. The van der Waals surface area contributed by atoms with E-state index in [0.29, 0.717) is 12.5 Å². The first-order valence-electron chi connectivity index (χ1n) is 7.04. The summed E-state index contributed by atoms with van der Waals surface area (Å²) >= 11 is 0. The van der Waals surface area contributed by atoms with Crippen molar-refractivity contribution < 1.29 is 4.92 Å². The molecule has 0 bridgehead atoms. The van der Waals surface area contributed by atoms with Crippen LogP contribution in [0, 0.1) is 10.1 Å². The van der Waals surface area contributed by atoms with Crippen molar-refractivity contribution >= 4 is 28.9 Å². The molecule has 2 aromatic carbocycles. The van der Waals surface area contributed by atoms with Crippen LogP contribution in [-0.2, 0) is 6.54 Å². The van der Waals surface area contributed by atoms with E-state index in [-0.39, 0.29) is 5.69 Å². The summed E-state index contributed by atoms with van der Waals surface area (Å²) in [6, 6.07) is 14.0. The third-order valence-corrected chi connectivity index (χ3v) is 3.38. The molecule has 0 unspecified atom stereocenters. The highest BCUT2D eigenvalue weighted by atomic mass is 16.6. The van der Waals surface area contributed by atoms with Crippen LogP contribution < -0.4 is 0 Å². The van der Waals surface area contributed by atoms with Gasteiger partial charge in [0.25, 0.3) is 5.69 Å². The molecule has 0 N–H and O–H groups in total. The minimum atomic E-state index is -0.426. The van der Waals surface area contributed by atoms with Crippen LogP contribution in [0.2, 0.25) is 0 Å². The second-order valence-electron chi connectivity index (χ2n) is 4.91. The molecule has 0 radical (unpaired) electrons. The molecule has 0 saturated carbocycles. The fourth-order valence-corrected chi connectivity index (χ4v) is 2.28.